The van der Waals surface area contributed by atoms with E-state index in [-0.39, 0.29) is 30.5 Å². The van der Waals surface area contributed by atoms with E-state index >= 15 is 0 Å². The number of hydrogen-bond donors (Lipinski definition) is 4. The van der Waals surface area contributed by atoms with Crippen molar-refractivity contribution in [1.82, 2.24) is 35.1 Å². The third kappa shape index (κ3) is 7.95. The summed E-state index contributed by atoms with van der Waals surface area (Å²) in [6, 6.07) is 31.2. The Morgan fingerprint density at radius 2 is 1.23 bits per heavy atom. The van der Waals surface area contributed by atoms with E-state index in [1.165, 1.54) is 0 Å². The number of ether oxygens (including phenoxy) is 2. The molecule has 13 heteroatoms. The lowest BCUT2D eigenvalue weighted by Gasteiger charge is -2.28. The number of imidazole rings is 2. The molecule has 13 nitrogen and oxygen atoms in total. The van der Waals surface area contributed by atoms with Crippen LogP contribution >= 0.6 is 0 Å². The summed E-state index contributed by atoms with van der Waals surface area (Å²) in [5, 5.41) is 11.9. The lowest BCUT2D eigenvalue weighted by Crippen LogP contribution is -2.42. The molecular formula is C44H43N7O6. The van der Waals surface area contributed by atoms with Gasteiger partial charge in [-0.3, -0.25) is 9.59 Å². The van der Waals surface area contributed by atoms with Crippen LogP contribution in [0.4, 0.5) is 4.79 Å². The van der Waals surface area contributed by atoms with E-state index in [9.17, 15) is 19.5 Å². The molecule has 8 rings (SSSR count). The van der Waals surface area contributed by atoms with Gasteiger partial charge in [-0.2, -0.15) is 0 Å². The van der Waals surface area contributed by atoms with E-state index < -0.39 is 12.1 Å². The molecule has 6 aromatic rings. The highest BCUT2D eigenvalue weighted by atomic mass is 16.5. The van der Waals surface area contributed by atoms with Crippen molar-refractivity contribution in [3.05, 3.63) is 133 Å². The highest BCUT2D eigenvalue weighted by molar-refractivity contribution is 5.87. The second-order valence-corrected chi connectivity index (χ2v) is 14.2. The van der Waals surface area contributed by atoms with E-state index in [4.69, 9.17) is 9.47 Å². The summed E-state index contributed by atoms with van der Waals surface area (Å²) in [4.78, 5) is 58.3. The number of para-hydroxylation sites is 2. The number of carboxylic acid groups (broad SMARTS) is 1. The fourth-order valence-corrected chi connectivity index (χ4v) is 7.84. The van der Waals surface area contributed by atoms with Gasteiger partial charge in [0.05, 0.1) is 43.0 Å². The minimum absolute atomic E-state index is 0.0806. The number of nitrogens with zero attached hydrogens (tertiary/aromatic N) is 4. The molecule has 2 fully saturated rings. The summed E-state index contributed by atoms with van der Waals surface area (Å²) in [5.74, 6) is 2.15. The molecule has 0 aliphatic carbocycles. The van der Waals surface area contributed by atoms with Crippen LogP contribution in [0.3, 0.4) is 0 Å². The molecule has 57 heavy (non-hydrogen) atoms. The van der Waals surface area contributed by atoms with E-state index in [1.54, 1.807) is 54.6 Å². The van der Waals surface area contributed by atoms with Crippen molar-refractivity contribution in [2.24, 2.45) is 0 Å². The first-order chi connectivity index (χ1) is 27.9. The minimum Gasteiger partial charge on any atom is -0.493 e. The van der Waals surface area contributed by atoms with Gasteiger partial charge in [-0.15, -0.1) is 0 Å². The number of hydrogen-bond acceptors (Lipinski definition) is 7. The zero-order chi connectivity index (χ0) is 39.3. The van der Waals surface area contributed by atoms with Gasteiger partial charge < -0.3 is 39.7 Å². The van der Waals surface area contributed by atoms with Crippen LogP contribution in [0.15, 0.2) is 116 Å². The number of aromatic nitrogens is 4. The Morgan fingerprint density at radius 3 is 1.79 bits per heavy atom. The average Bonchev–Trinajstić information content (AvgIpc) is 4.09. The maximum Gasteiger partial charge on any atom is 0.405 e. The number of nitrogens with one attached hydrogen (secondary N) is 3. The normalized spacial score (nSPS) is 17.0. The van der Waals surface area contributed by atoms with Crippen LogP contribution < -0.4 is 14.8 Å². The number of H-pyrrole nitrogens is 2. The summed E-state index contributed by atoms with van der Waals surface area (Å²) < 4.78 is 11.2. The van der Waals surface area contributed by atoms with Crippen LogP contribution in [-0.4, -0.2) is 79.6 Å². The van der Waals surface area contributed by atoms with Crippen molar-refractivity contribution in [3.63, 3.8) is 0 Å². The predicted molar refractivity (Wildman–Crippen MR) is 213 cm³/mol. The third-order valence-electron chi connectivity index (χ3n) is 10.7. The minimum atomic E-state index is -1.25. The lowest BCUT2D eigenvalue weighted by atomic mass is 10.0. The Kier molecular flexibility index (Phi) is 10.7. The summed E-state index contributed by atoms with van der Waals surface area (Å²) >= 11 is 0. The molecule has 2 aliphatic heterocycles. The monoisotopic (exact) mass is 765 g/mol. The standard InChI is InChI=1S/C44H43N7O6/c1-56-37-13-5-6-14-38(37)57-27-39(52)50-23-7-11-35(50)41-45-25-33(47-41)30-19-15-28(16-20-30)29-17-21-31(22-18-29)34-26-46-42(48-34)36-12-8-24-51(36)43(53)40(49-44(54)55)32-9-3-2-4-10-32/h2-6,9-10,13-22,25-26,35-36,40,49H,7-8,11-12,23-24,27H2,1H3,(H,45,47)(H,46,48)(H,54,55)/t35-,36-,40+/m0/s1. The molecule has 0 radical (unpaired) electrons. The first-order valence-corrected chi connectivity index (χ1v) is 19.1. The maximum atomic E-state index is 13.7. The Balaban J connectivity index is 0.904. The number of carbonyl (C=O) groups excluding carboxylic acids is 2. The van der Waals surface area contributed by atoms with Crippen molar-refractivity contribution < 1.29 is 29.0 Å². The fourth-order valence-electron chi connectivity index (χ4n) is 7.84. The van der Waals surface area contributed by atoms with Crippen molar-refractivity contribution >= 4 is 17.9 Å². The molecule has 2 saturated heterocycles. The molecular weight excluding hydrogens is 723 g/mol. The topological polar surface area (TPSA) is 166 Å². The van der Waals surface area contributed by atoms with Crippen molar-refractivity contribution in [2.75, 3.05) is 26.8 Å². The molecule has 4 heterocycles. The summed E-state index contributed by atoms with van der Waals surface area (Å²) in [7, 11) is 1.57. The third-order valence-corrected chi connectivity index (χ3v) is 10.7. The molecule has 0 bridgehead atoms. The van der Waals surface area contributed by atoms with Crippen molar-refractivity contribution in [3.8, 4) is 45.1 Å². The number of carbonyl (C=O) groups is 3. The van der Waals surface area contributed by atoms with Gasteiger partial charge in [-0.1, -0.05) is 91.0 Å². The average molecular weight is 766 g/mol. The zero-order valence-electron chi connectivity index (χ0n) is 31.4. The van der Waals surface area contributed by atoms with Crippen LogP contribution in [0, 0.1) is 0 Å². The molecule has 4 N–H and O–H groups in total. The van der Waals surface area contributed by atoms with Crippen LogP contribution in [0.1, 0.15) is 61.0 Å². The number of amides is 3. The second kappa shape index (κ2) is 16.5. The fraction of sp³-hybridized carbons (Fsp3) is 0.250. The van der Waals surface area contributed by atoms with Gasteiger partial charge in [0.15, 0.2) is 18.1 Å². The molecule has 0 unspecified atom stereocenters. The Labute approximate surface area is 329 Å². The number of rotatable bonds is 12. The Morgan fingerprint density at radius 1 is 0.719 bits per heavy atom. The Bertz CT molecular complexity index is 2340. The quantitative estimate of drug-likeness (QED) is 0.0991. The molecule has 2 aliphatic rings. The van der Waals surface area contributed by atoms with E-state index in [2.05, 4.69) is 61.7 Å². The van der Waals surface area contributed by atoms with Crippen LogP contribution in [-0.2, 0) is 9.59 Å². The SMILES string of the molecule is COc1ccccc1OCC(=O)N1CCC[C@H]1c1ncc(-c2ccc(-c3ccc(-c4cnc([C@@H]5CCCN5C(=O)[C@H](NC(=O)O)c5ccccc5)[nH]4)cc3)cc2)[nH]1. The molecule has 4 aromatic carbocycles. The summed E-state index contributed by atoms with van der Waals surface area (Å²) in [6.45, 7) is 1.08. The zero-order valence-corrected chi connectivity index (χ0v) is 31.4. The molecule has 3 atom stereocenters. The van der Waals surface area contributed by atoms with Gasteiger partial charge in [0.25, 0.3) is 11.8 Å². The molecule has 0 spiro atoms. The van der Waals surface area contributed by atoms with Crippen LogP contribution in [0.5, 0.6) is 11.5 Å². The van der Waals surface area contributed by atoms with Gasteiger partial charge >= 0.3 is 6.09 Å². The smallest absolute Gasteiger partial charge is 0.405 e. The predicted octanol–water partition coefficient (Wildman–Crippen LogP) is 7.56. The number of likely N-dealkylation sites (tertiary alicyclic amines) is 2. The highest BCUT2D eigenvalue weighted by Gasteiger charge is 2.37. The maximum absolute atomic E-state index is 13.7. The van der Waals surface area contributed by atoms with Gasteiger partial charge in [0.1, 0.15) is 17.7 Å². The molecule has 3 amide bonds. The second-order valence-electron chi connectivity index (χ2n) is 14.2. The number of benzene rings is 4. The van der Waals surface area contributed by atoms with Crippen LogP contribution in [0.25, 0.3) is 33.6 Å². The van der Waals surface area contributed by atoms with Gasteiger partial charge in [-0.05, 0) is 65.6 Å². The van der Waals surface area contributed by atoms with E-state index in [0.29, 0.717) is 36.0 Å². The van der Waals surface area contributed by atoms with E-state index in [0.717, 1.165) is 65.1 Å². The van der Waals surface area contributed by atoms with Crippen molar-refractivity contribution in [1.29, 1.82) is 0 Å². The lowest BCUT2D eigenvalue weighted by molar-refractivity contribution is -0.135. The highest BCUT2D eigenvalue weighted by Crippen LogP contribution is 2.36. The van der Waals surface area contributed by atoms with E-state index in [1.807, 2.05) is 41.4 Å². The number of methoxy groups -OCH3 is 1. The Hall–Kier alpha value is -6.89. The first-order valence-electron chi connectivity index (χ1n) is 19.1. The van der Waals surface area contributed by atoms with Crippen molar-refractivity contribution in [2.45, 2.75) is 43.8 Å². The van der Waals surface area contributed by atoms with Gasteiger partial charge in [0, 0.05) is 13.1 Å². The van der Waals surface area contributed by atoms with Crippen LogP contribution in [0.2, 0.25) is 0 Å². The summed E-state index contributed by atoms with van der Waals surface area (Å²) in [5.41, 5.74) is 6.35. The molecule has 2 aromatic heterocycles. The largest absolute Gasteiger partial charge is 0.493 e. The number of aromatic amines is 2. The first kappa shape index (κ1) is 37.1. The van der Waals surface area contributed by atoms with Gasteiger partial charge in [0.2, 0.25) is 0 Å². The van der Waals surface area contributed by atoms with Gasteiger partial charge in [-0.25, -0.2) is 14.8 Å². The molecule has 0 saturated carbocycles. The molecule has 290 valence electrons. The summed E-state index contributed by atoms with van der Waals surface area (Å²) in [6.07, 6.45) is 5.57.